The molecule has 0 amide bonds. The van der Waals surface area contributed by atoms with Crippen LogP contribution in [0, 0.1) is 4.77 Å². The summed E-state index contributed by atoms with van der Waals surface area (Å²) in [4.78, 5) is 2.13. The zero-order valence-corrected chi connectivity index (χ0v) is 22.9. The molecule has 0 spiro atoms. The predicted octanol–water partition coefficient (Wildman–Crippen LogP) is 4.58. The molecule has 3 aromatic rings. The van der Waals surface area contributed by atoms with Gasteiger partial charge in [-0.05, 0) is 54.5 Å². The number of likely N-dealkylation sites (N-methyl/N-ethyl adjacent to an activating group) is 1. The highest BCUT2D eigenvalue weighted by Gasteiger charge is 2.18. The van der Waals surface area contributed by atoms with Crippen LogP contribution in [0.3, 0.4) is 0 Å². The number of methoxy groups -OCH3 is 2. The van der Waals surface area contributed by atoms with E-state index in [0.29, 0.717) is 53.0 Å². The van der Waals surface area contributed by atoms with E-state index in [-0.39, 0.29) is 29.8 Å². The van der Waals surface area contributed by atoms with Crippen molar-refractivity contribution in [2.45, 2.75) is 26.3 Å². The summed E-state index contributed by atoms with van der Waals surface area (Å²) in [6.07, 6.45) is 0. The highest BCUT2D eigenvalue weighted by molar-refractivity contribution is 7.71. The van der Waals surface area contributed by atoms with Crippen molar-refractivity contribution in [2.24, 2.45) is 0 Å². The number of nitrogens with zero attached hydrogens (tertiary/aromatic N) is 3. The highest BCUT2D eigenvalue weighted by Crippen LogP contribution is 2.37. The molecule has 0 aliphatic rings. The molecule has 0 bridgehead atoms. The van der Waals surface area contributed by atoms with Crippen LogP contribution in [0.4, 0.5) is 0 Å². The van der Waals surface area contributed by atoms with Crippen molar-refractivity contribution in [1.29, 1.82) is 0 Å². The first kappa shape index (κ1) is 29.4. The Morgan fingerprint density at radius 3 is 2.44 bits per heavy atom. The summed E-state index contributed by atoms with van der Waals surface area (Å²) in [6.45, 7) is 7.13. The van der Waals surface area contributed by atoms with Gasteiger partial charge >= 0.3 is 0 Å². The summed E-state index contributed by atoms with van der Waals surface area (Å²) >= 11 is 5.47. The van der Waals surface area contributed by atoms with Gasteiger partial charge in [0.1, 0.15) is 18.1 Å². The third-order valence-corrected chi connectivity index (χ3v) is 6.05. The highest BCUT2D eigenvalue weighted by atomic mass is 35.5. The van der Waals surface area contributed by atoms with Crippen LogP contribution in [-0.4, -0.2) is 77.4 Å². The van der Waals surface area contributed by atoms with E-state index in [9.17, 15) is 10.2 Å². The minimum absolute atomic E-state index is 0. The Labute approximate surface area is 223 Å². The van der Waals surface area contributed by atoms with Crippen molar-refractivity contribution in [1.82, 2.24) is 19.7 Å². The van der Waals surface area contributed by atoms with Crippen molar-refractivity contribution in [2.75, 3.05) is 47.6 Å². The molecule has 0 radical (unpaired) electrons. The van der Waals surface area contributed by atoms with Gasteiger partial charge in [0.25, 0.3) is 0 Å². The van der Waals surface area contributed by atoms with Crippen LogP contribution in [0.2, 0.25) is 0 Å². The standard InChI is InChI=1S/C25H34N4O5S.ClH/c1-16(2)18-13-19(21(31)14-20(18)30)24-26-27-25(35)29(24)15-17-6-7-22(23(12-17)33-5)34-11-9-28(3)8-10-32-4;/h6-7,12-14,16,30-31H,8-11,15H2,1-5H3,(H,27,35);1H. The molecule has 1 heterocycles. The third kappa shape index (κ3) is 7.13. The summed E-state index contributed by atoms with van der Waals surface area (Å²) in [5, 5.41) is 27.9. The van der Waals surface area contributed by atoms with E-state index in [2.05, 4.69) is 15.1 Å². The van der Waals surface area contributed by atoms with Gasteiger partial charge in [-0.25, -0.2) is 0 Å². The summed E-state index contributed by atoms with van der Waals surface area (Å²) in [5.74, 6) is 1.80. The molecule has 0 saturated carbocycles. The lowest BCUT2D eigenvalue weighted by atomic mass is 9.98. The van der Waals surface area contributed by atoms with E-state index < -0.39 is 0 Å². The van der Waals surface area contributed by atoms with E-state index in [4.69, 9.17) is 26.4 Å². The number of hydrogen-bond acceptors (Lipinski definition) is 8. The molecular formula is C25H35ClN4O5S. The maximum atomic E-state index is 10.5. The average molecular weight is 539 g/mol. The lowest BCUT2D eigenvalue weighted by Gasteiger charge is -2.18. The van der Waals surface area contributed by atoms with Crippen LogP contribution in [0.5, 0.6) is 23.0 Å². The molecule has 0 aliphatic heterocycles. The molecule has 0 unspecified atom stereocenters. The summed E-state index contributed by atoms with van der Waals surface area (Å²) in [6, 6.07) is 8.81. The minimum Gasteiger partial charge on any atom is -0.508 e. The number of phenols is 2. The average Bonchev–Trinajstić information content (AvgIpc) is 3.17. The smallest absolute Gasteiger partial charge is 0.195 e. The number of ether oxygens (including phenoxy) is 3. The number of aromatic nitrogens is 3. The van der Waals surface area contributed by atoms with Gasteiger partial charge in [0.15, 0.2) is 22.1 Å². The van der Waals surface area contributed by atoms with Crippen LogP contribution in [0.1, 0.15) is 30.9 Å². The Balaban J connectivity index is 0.00000456. The van der Waals surface area contributed by atoms with Crippen molar-refractivity contribution < 1.29 is 24.4 Å². The number of benzene rings is 2. The molecule has 9 nitrogen and oxygen atoms in total. The van der Waals surface area contributed by atoms with Gasteiger partial charge in [0.2, 0.25) is 0 Å². The number of halogens is 1. The molecule has 3 N–H and O–H groups in total. The van der Waals surface area contributed by atoms with Crippen molar-refractivity contribution in [3.63, 3.8) is 0 Å². The van der Waals surface area contributed by atoms with Crippen LogP contribution in [0.15, 0.2) is 30.3 Å². The topological polar surface area (TPSA) is 105 Å². The lowest BCUT2D eigenvalue weighted by Crippen LogP contribution is -2.27. The van der Waals surface area contributed by atoms with E-state index in [0.717, 1.165) is 18.7 Å². The van der Waals surface area contributed by atoms with Crippen LogP contribution < -0.4 is 9.47 Å². The van der Waals surface area contributed by atoms with E-state index in [1.807, 2.05) is 39.1 Å². The normalized spacial score (nSPS) is 11.1. The second-order valence-electron chi connectivity index (χ2n) is 8.65. The molecule has 198 valence electrons. The zero-order valence-electron chi connectivity index (χ0n) is 21.3. The van der Waals surface area contributed by atoms with Gasteiger partial charge < -0.3 is 29.3 Å². The fourth-order valence-electron chi connectivity index (χ4n) is 3.69. The molecule has 1 aromatic heterocycles. The number of aromatic amines is 1. The monoisotopic (exact) mass is 538 g/mol. The molecule has 3 rings (SSSR count). The molecular weight excluding hydrogens is 504 g/mol. The zero-order chi connectivity index (χ0) is 25.5. The van der Waals surface area contributed by atoms with Crippen molar-refractivity contribution in [3.8, 4) is 34.4 Å². The van der Waals surface area contributed by atoms with E-state index >= 15 is 0 Å². The van der Waals surface area contributed by atoms with Gasteiger partial charge in [0, 0.05) is 26.3 Å². The van der Waals surface area contributed by atoms with Crippen molar-refractivity contribution in [3.05, 3.63) is 46.2 Å². The number of rotatable bonds is 12. The first-order valence-electron chi connectivity index (χ1n) is 11.4. The fraction of sp³-hybridized carbons (Fsp3) is 0.440. The molecule has 0 fully saturated rings. The maximum Gasteiger partial charge on any atom is 0.195 e. The minimum atomic E-state index is -0.0704. The fourth-order valence-corrected chi connectivity index (χ4v) is 3.88. The van der Waals surface area contributed by atoms with Crippen LogP contribution >= 0.6 is 24.6 Å². The van der Waals surface area contributed by atoms with Gasteiger partial charge in [-0.1, -0.05) is 19.9 Å². The quantitative estimate of drug-likeness (QED) is 0.288. The number of H-pyrrole nitrogens is 1. The second-order valence-corrected chi connectivity index (χ2v) is 9.04. The van der Waals surface area contributed by atoms with Gasteiger partial charge in [-0.3, -0.25) is 9.67 Å². The number of nitrogens with one attached hydrogen (secondary N) is 1. The van der Waals surface area contributed by atoms with Crippen molar-refractivity contribution >= 4 is 24.6 Å². The molecule has 0 aliphatic carbocycles. The Hall–Kier alpha value is -2.79. The van der Waals surface area contributed by atoms with Crippen LogP contribution in [-0.2, 0) is 11.3 Å². The van der Waals surface area contributed by atoms with Gasteiger partial charge in [-0.2, -0.15) is 5.10 Å². The van der Waals surface area contributed by atoms with Gasteiger partial charge in [0.05, 0.1) is 25.8 Å². The Bertz CT molecular complexity index is 1200. The first-order valence-corrected chi connectivity index (χ1v) is 11.8. The van der Waals surface area contributed by atoms with E-state index in [1.165, 1.54) is 6.07 Å². The summed E-state index contributed by atoms with van der Waals surface area (Å²) in [5.41, 5.74) is 2.13. The SMILES string of the molecule is COCCN(C)CCOc1ccc(Cn2c(-c3cc(C(C)C)c(O)cc3O)n[nH]c2=S)cc1OC.Cl. The predicted molar refractivity (Wildman–Crippen MR) is 144 cm³/mol. The van der Waals surface area contributed by atoms with E-state index in [1.54, 1.807) is 24.9 Å². The molecule has 0 atom stereocenters. The maximum absolute atomic E-state index is 10.5. The molecule has 0 saturated heterocycles. The second kappa shape index (κ2) is 13.5. The van der Waals surface area contributed by atoms with Gasteiger partial charge in [-0.15, -0.1) is 12.4 Å². The Morgan fingerprint density at radius 2 is 1.78 bits per heavy atom. The first-order chi connectivity index (χ1) is 16.7. The largest absolute Gasteiger partial charge is 0.508 e. The molecule has 36 heavy (non-hydrogen) atoms. The Kier molecular flexibility index (Phi) is 11.0. The summed E-state index contributed by atoms with van der Waals surface area (Å²) in [7, 11) is 5.31. The molecule has 11 heteroatoms. The third-order valence-electron chi connectivity index (χ3n) is 5.74. The molecule has 2 aromatic carbocycles. The number of hydrogen-bond donors (Lipinski definition) is 3. The lowest BCUT2D eigenvalue weighted by molar-refractivity contribution is 0.149. The number of aromatic hydroxyl groups is 2. The summed E-state index contributed by atoms with van der Waals surface area (Å²) < 4.78 is 18.8. The van der Waals surface area contributed by atoms with Crippen LogP contribution in [0.25, 0.3) is 11.4 Å². The number of phenolic OH excluding ortho intramolecular Hbond substituents is 2. The Morgan fingerprint density at radius 1 is 1.06 bits per heavy atom.